The Balaban J connectivity index is 2.08. The van der Waals surface area contributed by atoms with Crippen LogP contribution >= 0.6 is 0 Å². The maximum atomic E-state index is 8.70. The topological polar surface area (TPSA) is 47.3 Å². The van der Waals surface area contributed by atoms with Gasteiger partial charge in [0.2, 0.25) is 0 Å². The standard InChI is InChI=1S/C12H22N2O/c1-14(9-3-2-4-10-15)11-12(5-6-12)7-8-13/h15H,2-7,9-11H2,1H3. The summed E-state index contributed by atoms with van der Waals surface area (Å²) in [6, 6.07) is 2.29. The van der Waals surface area contributed by atoms with E-state index in [1.807, 2.05) is 0 Å². The summed E-state index contributed by atoms with van der Waals surface area (Å²) in [5, 5.41) is 17.4. The van der Waals surface area contributed by atoms with Gasteiger partial charge in [0.05, 0.1) is 6.07 Å². The first-order valence-electron chi connectivity index (χ1n) is 5.89. The molecule has 0 bridgehead atoms. The van der Waals surface area contributed by atoms with Crippen molar-refractivity contribution in [3.05, 3.63) is 0 Å². The van der Waals surface area contributed by atoms with E-state index in [0.717, 1.165) is 32.4 Å². The van der Waals surface area contributed by atoms with E-state index in [1.54, 1.807) is 0 Å². The SMILES string of the molecule is CN(CCCCCO)CC1(CC#N)CC1. The Morgan fingerprint density at radius 2 is 2.07 bits per heavy atom. The van der Waals surface area contributed by atoms with Crippen LogP contribution in [0.5, 0.6) is 0 Å². The van der Waals surface area contributed by atoms with Gasteiger partial charge in [-0.1, -0.05) is 0 Å². The average molecular weight is 210 g/mol. The normalized spacial score (nSPS) is 17.7. The van der Waals surface area contributed by atoms with Crippen LogP contribution in [0.2, 0.25) is 0 Å². The molecule has 1 rings (SSSR count). The number of nitrogens with zero attached hydrogens (tertiary/aromatic N) is 2. The maximum absolute atomic E-state index is 8.70. The average Bonchev–Trinajstić information content (AvgIpc) is 2.93. The highest BCUT2D eigenvalue weighted by atomic mass is 16.2. The summed E-state index contributed by atoms with van der Waals surface area (Å²) in [7, 11) is 2.14. The minimum Gasteiger partial charge on any atom is -0.396 e. The molecule has 0 unspecified atom stereocenters. The van der Waals surface area contributed by atoms with Crippen molar-refractivity contribution in [2.45, 2.75) is 38.5 Å². The van der Waals surface area contributed by atoms with Gasteiger partial charge in [0.15, 0.2) is 0 Å². The molecule has 0 atom stereocenters. The molecule has 0 heterocycles. The lowest BCUT2D eigenvalue weighted by atomic mass is 10.0. The zero-order chi connectivity index (χ0) is 11.1. The Bertz CT molecular complexity index is 218. The van der Waals surface area contributed by atoms with Crippen molar-refractivity contribution in [2.24, 2.45) is 5.41 Å². The Kier molecular flexibility index (Phi) is 5.07. The Hall–Kier alpha value is -0.590. The van der Waals surface area contributed by atoms with Crippen molar-refractivity contribution in [3.63, 3.8) is 0 Å². The summed E-state index contributed by atoms with van der Waals surface area (Å²) >= 11 is 0. The number of nitriles is 1. The fraction of sp³-hybridized carbons (Fsp3) is 0.917. The number of aliphatic hydroxyl groups is 1. The number of rotatable bonds is 8. The molecule has 1 fully saturated rings. The first-order valence-corrected chi connectivity index (χ1v) is 5.89. The van der Waals surface area contributed by atoms with Crippen LogP contribution in [0.4, 0.5) is 0 Å². The van der Waals surface area contributed by atoms with Crippen LogP contribution in [0, 0.1) is 16.7 Å². The third kappa shape index (κ3) is 4.63. The van der Waals surface area contributed by atoms with Gasteiger partial charge in [0.25, 0.3) is 0 Å². The number of hydrogen-bond donors (Lipinski definition) is 1. The Morgan fingerprint density at radius 1 is 1.33 bits per heavy atom. The summed E-state index contributed by atoms with van der Waals surface area (Å²) in [6.45, 7) is 2.47. The minimum absolute atomic E-state index is 0.308. The van der Waals surface area contributed by atoms with Crippen molar-refractivity contribution in [3.8, 4) is 6.07 Å². The van der Waals surface area contributed by atoms with Gasteiger partial charge in [-0.05, 0) is 51.1 Å². The lowest BCUT2D eigenvalue weighted by Gasteiger charge is -2.21. The first kappa shape index (κ1) is 12.5. The second-order valence-corrected chi connectivity index (χ2v) is 4.86. The van der Waals surface area contributed by atoms with Crippen molar-refractivity contribution in [1.82, 2.24) is 4.90 Å². The van der Waals surface area contributed by atoms with E-state index in [4.69, 9.17) is 10.4 Å². The van der Waals surface area contributed by atoms with Crippen LogP contribution in [0.15, 0.2) is 0 Å². The third-order valence-electron chi connectivity index (χ3n) is 3.21. The molecule has 86 valence electrons. The molecule has 1 saturated carbocycles. The van der Waals surface area contributed by atoms with Gasteiger partial charge < -0.3 is 10.0 Å². The molecular weight excluding hydrogens is 188 g/mol. The van der Waals surface area contributed by atoms with Crippen LogP contribution in [0.3, 0.4) is 0 Å². The highest BCUT2D eigenvalue weighted by molar-refractivity contribution is 5.00. The van der Waals surface area contributed by atoms with Gasteiger partial charge in [0.1, 0.15) is 0 Å². The second kappa shape index (κ2) is 6.09. The molecule has 0 spiro atoms. The van der Waals surface area contributed by atoms with Crippen LogP contribution in [0.25, 0.3) is 0 Å². The van der Waals surface area contributed by atoms with Gasteiger partial charge in [-0.25, -0.2) is 0 Å². The van der Waals surface area contributed by atoms with E-state index >= 15 is 0 Å². The molecular formula is C12H22N2O. The minimum atomic E-state index is 0.308. The van der Waals surface area contributed by atoms with Gasteiger partial charge in [0, 0.05) is 19.6 Å². The van der Waals surface area contributed by atoms with Crippen LogP contribution < -0.4 is 0 Å². The second-order valence-electron chi connectivity index (χ2n) is 4.86. The maximum Gasteiger partial charge on any atom is 0.0628 e. The van der Waals surface area contributed by atoms with Gasteiger partial charge >= 0.3 is 0 Å². The van der Waals surface area contributed by atoms with E-state index in [-0.39, 0.29) is 0 Å². The predicted molar refractivity (Wildman–Crippen MR) is 60.3 cm³/mol. The Labute approximate surface area is 92.7 Å². The molecule has 0 saturated heterocycles. The fourth-order valence-electron chi connectivity index (χ4n) is 2.06. The quantitative estimate of drug-likeness (QED) is 0.621. The van der Waals surface area contributed by atoms with Crippen molar-refractivity contribution in [2.75, 3.05) is 26.7 Å². The fourth-order valence-corrected chi connectivity index (χ4v) is 2.06. The molecule has 1 aliphatic carbocycles. The molecule has 3 nitrogen and oxygen atoms in total. The number of aliphatic hydroxyl groups excluding tert-OH is 1. The molecule has 0 aliphatic heterocycles. The van der Waals surface area contributed by atoms with Crippen molar-refractivity contribution >= 4 is 0 Å². The summed E-state index contributed by atoms with van der Waals surface area (Å²) in [4.78, 5) is 2.34. The molecule has 0 aromatic rings. The molecule has 1 aliphatic rings. The smallest absolute Gasteiger partial charge is 0.0628 e. The summed E-state index contributed by atoms with van der Waals surface area (Å²) in [5.41, 5.74) is 0.334. The van der Waals surface area contributed by atoms with E-state index in [0.29, 0.717) is 18.4 Å². The lowest BCUT2D eigenvalue weighted by molar-refractivity contribution is 0.248. The third-order valence-corrected chi connectivity index (χ3v) is 3.21. The largest absolute Gasteiger partial charge is 0.396 e. The zero-order valence-corrected chi connectivity index (χ0v) is 9.71. The molecule has 0 aromatic heterocycles. The number of unbranched alkanes of at least 4 members (excludes halogenated alkanes) is 2. The summed E-state index contributed by atoms with van der Waals surface area (Å²) in [5.74, 6) is 0. The molecule has 0 amide bonds. The van der Waals surface area contributed by atoms with E-state index in [9.17, 15) is 0 Å². The van der Waals surface area contributed by atoms with E-state index in [1.165, 1.54) is 12.8 Å². The van der Waals surface area contributed by atoms with Crippen LogP contribution in [-0.4, -0.2) is 36.8 Å². The van der Waals surface area contributed by atoms with Crippen molar-refractivity contribution < 1.29 is 5.11 Å². The Morgan fingerprint density at radius 3 is 2.60 bits per heavy atom. The number of hydrogen-bond acceptors (Lipinski definition) is 3. The van der Waals surface area contributed by atoms with Gasteiger partial charge in [-0.15, -0.1) is 0 Å². The van der Waals surface area contributed by atoms with E-state index in [2.05, 4.69) is 18.0 Å². The molecule has 1 N–H and O–H groups in total. The van der Waals surface area contributed by atoms with Gasteiger partial charge in [-0.3, -0.25) is 0 Å². The van der Waals surface area contributed by atoms with Gasteiger partial charge in [-0.2, -0.15) is 5.26 Å². The molecule has 15 heavy (non-hydrogen) atoms. The molecule has 0 radical (unpaired) electrons. The summed E-state index contributed by atoms with van der Waals surface area (Å²) in [6.07, 6.45) is 6.33. The van der Waals surface area contributed by atoms with E-state index < -0.39 is 0 Å². The monoisotopic (exact) mass is 210 g/mol. The highest BCUT2D eigenvalue weighted by Gasteiger charge is 2.42. The highest BCUT2D eigenvalue weighted by Crippen LogP contribution is 2.48. The molecule has 0 aromatic carbocycles. The summed E-state index contributed by atoms with van der Waals surface area (Å²) < 4.78 is 0. The van der Waals surface area contributed by atoms with Crippen molar-refractivity contribution in [1.29, 1.82) is 5.26 Å². The van der Waals surface area contributed by atoms with Crippen LogP contribution in [0.1, 0.15) is 38.5 Å². The van der Waals surface area contributed by atoms with Crippen LogP contribution in [-0.2, 0) is 0 Å². The zero-order valence-electron chi connectivity index (χ0n) is 9.71. The predicted octanol–water partition coefficient (Wildman–Crippen LogP) is 1.77. The first-order chi connectivity index (χ1) is 7.22. The lowest BCUT2D eigenvalue weighted by Crippen LogP contribution is -2.27. The molecule has 3 heteroatoms.